The second kappa shape index (κ2) is 8.31. The maximum atomic E-state index is 13.7. The molecule has 8 heteroatoms. The zero-order chi connectivity index (χ0) is 22.9. The summed E-state index contributed by atoms with van der Waals surface area (Å²) in [5, 5.41) is 15.5. The standard InChI is InChI=1S/C25H21N5O3/c1-17-7-9-19(10-8-17)23-15-22(18-5-3-2-4-6-18)28(25-26-16-27-29(23)25)24(31)20-11-13-21(14-12-20)30(32)33/h2-14,16,22-23H,15H2,1H3/t22-,23+/m0/s1. The molecule has 164 valence electrons. The molecule has 1 aliphatic heterocycles. The van der Waals surface area contributed by atoms with Crippen LogP contribution in [0.3, 0.4) is 0 Å². The third kappa shape index (κ3) is 3.76. The largest absolute Gasteiger partial charge is 0.269 e. The zero-order valence-corrected chi connectivity index (χ0v) is 17.9. The Kier molecular flexibility index (Phi) is 5.18. The molecule has 2 atom stereocenters. The molecule has 0 bridgehead atoms. The molecule has 0 N–H and O–H groups in total. The number of nitro benzene ring substituents is 1. The van der Waals surface area contributed by atoms with Crippen molar-refractivity contribution in [1.29, 1.82) is 0 Å². The minimum absolute atomic E-state index is 0.0626. The number of anilines is 1. The Labute approximate surface area is 190 Å². The molecule has 0 spiro atoms. The van der Waals surface area contributed by atoms with Crippen molar-refractivity contribution in [3.05, 3.63) is 118 Å². The van der Waals surface area contributed by atoms with Crippen molar-refractivity contribution in [2.45, 2.75) is 25.4 Å². The molecule has 0 aliphatic carbocycles. The third-order valence-corrected chi connectivity index (χ3v) is 6.01. The molecule has 33 heavy (non-hydrogen) atoms. The minimum Gasteiger partial charge on any atom is -0.269 e. The van der Waals surface area contributed by atoms with Crippen molar-refractivity contribution in [1.82, 2.24) is 14.8 Å². The van der Waals surface area contributed by atoms with Gasteiger partial charge >= 0.3 is 0 Å². The SMILES string of the molecule is Cc1ccc([C@H]2C[C@@H](c3ccccc3)N(C(=O)c3ccc([N+](=O)[O-])cc3)c3ncnn32)cc1. The van der Waals surface area contributed by atoms with Gasteiger partial charge in [-0.1, -0.05) is 60.2 Å². The number of benzene rings is 3. The smallest absolute Gasteiger partial charge is 0.269 e. The first-order valence-corrected chi connectivity index (χ1v) is 10.6. The summed E-state index contributed by atoms with van der Waals surface area (Å²) in [6.45, 7) is 2.04. The van der Waals surface area contributed by atoms with Crippen LogP contribution in [0.15, 0.2) is 85.2 Å². The number of non-ortho nitro benzene ring substituents is 1. The van der Waals surface area contributed by atoms with E-state index in [9.17, 15) is 14.9 Å². The third-order valence-electron chi connectivity index (χ3n) is 6.01. The van der Waals surface area contributed by atoms with Gasteiger partial charge in [-0.3, -0.25) is 19.8 Å². The van der Waals surface area contributed by atoms with Crippen LogP contribution in [0, 0.1) is 17.0 Å². The number of hydrogen-bond donors (Lipinski definition) is 0. The molecule has 5 rings (SSSR count). The zero-order valence-electron chi connectivity index (χ0n) is 17.9. The van der Waals surface area contributed by atoms with E-state index in [0.29, 0.717) is 17.9 Å². The summed E-state index contributed by atoms with van der Waals surface area (Å²) < 4.78 is 1.79. The van der Waals surface area contributed by atoms with Crippen molar-refractivity contribution in [3.63, 3.8) is 0 Å². The van der Waals surface area contributed by atoms with Gasteiger partial charge in [0.05, 0.1) is 17.0 Å². The van der Waals surface area contributed by atoms with E-state index < -0.39 is 4.92 Å². The van der Waals surface area contributed by atoms with Gasteiger partial charge in [0.2, 0.25) is 5.95 Å². The van der Waals surface area contributed by atoms with Crippen molar-refractivity contribution in [2.75, 3.05) is 4.90 Å². The molecule has 1 aliphatic rings. The molecule has 0 radical (unpaired) electrons. The monoisotopic (exact) mass is 439 g/mol. The van der Waals surface area contributed by atoms with E-state index in [1.54, 1.807) is 9.58 Å². The van der Waals surface area contributed by atoms with Crippen LogP contribution in [0.4, 0.5) is 11.6 Å². The molecule has 0 unspecified atom stereocenters. The Bertz CT molecular complexity index is 1300. The van der Waals surface area contributed by atoms with Gasteiger partial charge in [-0.15, -0.1) is 0 Å². The summed E-state index contributed by atoms with van der Waals surface area (Å²) >= 11 is 0. The fraction of sp³-hybridized carbons (Fsp3) is 0.160. The number of aromatic nitrogens is 3. The highest BCUT2D eigenvalue weighted by Gasteiger charge is 2.39. The average Bonchev–Trinajstić information content (AvgIpc) is 3.34. The number of hydrogen-bond acceptors (Lipinski definition) is 5. The Morgan fingerprint density at radius 2 is 1.61 bits per heavy atom. The van der Waals surface area contributed by atoms with Gasteiger partial charge in [-0.05, 0) is 36.6 Å². The van der Waals surface area contributed by atoms with Crippen molar-refractivity contribution >= 4 is 17.5 Å². The Morgan fingerprint density at radius 1 is 0.939 bits per heavy atom. The highest BCUT2D eigenvalue weighted by molar-refractivity contribution is 6.06. The lowest BCUT2D eigenvalue weighted by Gasteiger charge is -2.39. The first kappa shape index (κ1) is 20.6. The Morgan fingerprint density at radius 3 is 2.27 bits per heavy atom. The summed E-state index contributed by atoms with van der Waals surface area (Å²) in [7, 11) is 0. The molecular formula is C25H21N5O3. The molecular weight excluding hydrogens is 418 g/mol. The minimum atomic E-state index is -0.481. The first-order valence-electron chi connectivity index (χ1n) is 10.6. The number of rotatable bonds is 4. The van der Waals surface area contributed by atoms with Crippen LogP contribution >= 0.6 is 0 Å². The summed E-state index contributed by atoms with van der Waals surface area (Å²) in [4.78, 5) is 30.3. The second-order valence-electron chi connectivity index (χ2n) is 8.07. The van der Waals surface area contributed by atoms with Crippen LogP contribution in [-0.4, -0.2) is 25.6 Å². The highest BCUT2D eigenvalue weighted by atomic mass is 16.6. The van der Waals surface area contributed by atoms with Gasteiger partial charge in [0, 0.05) is 17.7 Å². The number of fused-ring (bicyclic) bond motifs is 1. The molecule has 3 aromatic carbocycles. The number of carbonyl (C=O) groups excluding carboxylic acids is 1. The van der Waals surface area contributed by atoms with E-state index in [0.717, 1.165) is 11.1 Å². The number of amides is 1. The summed E-state index contributed by atoms with van der Waals surface area (Å²) in [5.41, 5.74) is 3.54. The van der Waals surface area contributed by atoms with E-state index in [-0.39, 0.29) is 23.7 Å². The van der Waals surface area contributed by atoms with Gasteiger partial charge in [-0.2, -0.15) is 10.1 Å². The van der Waals surface area contributed by atoms with Crippen molar-refractivity contribution in [3.8, 4) is 0 Å². The summed E-state index contributed by atoms with van der Waals surface area (Å²) in [6, 6.07) is 23.4. The van der Waals surface area contributed by atoms with E-state index in [1.165, 1.54) is 36.2 Å². The molecule has 1 amide bonds. The molecule has 8 nitrogen and oxygen atoms in total. The lowest BCUT2D eigenvalue weighted by molar-refractivity contribution is -0.384. The fourth-order valence-corrected chi connectivity index (χ4v) is 4.32. The first-order chi connectivity index (χ1) is 16.0. The predicted octanol–water partition coefficient (Wildman–Crippen LogP) is 4.88. The molecule has 0 fully saturated rings. The van der Waals surface area contributed by atoms with Crippen LogP contribution in [0.5, 0.6) is 0 Å². The van der Waals surface area contributed by atoms with Gasteiger partial charge < -0.3 is 0 Å². The summed E-state index contributed by atoms with van der Waals surface area (Å²) in [5.74, 6) is 0.166. The topological polar surface area (TPSA) is 94.2 Å². The van der Waals surface area contributed by atoms with Crippen LogP contribution in [0.25, 0.3) is 0 Å². The summed E-state index contributed by atoms with van der Waals surface area (Å²) in [6.07, 6.45) is 2.07. The van der Waals surface area contributed by atoms with Gasteiger partial charge in [-0.25, -0.2) is 4.68 Å². The maximum Gasteiger partial charge on any atom is 0.269 e. The molecule has 1 aromatic heterocycles. The van der Waals surface area contributed by atoms with Gasteiger partial charge in [0.1, 0.15) is 6.33 Å². The quantitative estimate of drug-likeness (QED) is 0.334. The fourth-order valence-electron chi connectivity index (χ4n) is 4.32. The lowest BCUT2D eigenvalue weighted by Crippen LogP contribution is -2.42. The van der Waals surface area contributed by atoms with Crippen molar-refractivity contribution in [2.24, 2.45) is 0 Å². The highest BCUT2D eigenvalue weighted by Crippen LogP contribution is 2.42. The molecule has 2 heterocycles. The van der Waals surface area contributed by atoms with E-state index in [1.807, 2.05) is 37.3 Å². The van der Waals surface area contributed by atoms with Crippen LogP contribution in [0.1, 0.15) is 45.6 Å². The van der Waals surface area contributed by atoms with Crippen LogP contribution in [0.2, 0.25) is 0 Å². The van der Waals surface area contributed by atoms with Gasteiger partial charge in [0.15, 0.2) is 0 Å². The molecule has 0 saturated carbocycles. The molecule has 0 saturated heterocycles. The lowest BCUT2D eigenvalue weighted by atomic mass is 9.91. The Hall–Kier alpha value is -4.33. The number of nitro groups is 1. The average molecular weight is 439 g/mol. The normalized spacial score (nSPS) is 17.4. The second-order valence-corrected chi connectivity index (χ2v) is 8.07. The Balaban J connectivity index is 1.61. The number of carbonyl (C=O) groups is 1. The van der Waals surface area contributed by atoms with Gasteiger partial charge in [0.25, 0.3) is 11.6 Å². The van der Waals surface area contributed by atoms with E-state index in [4.69, 9.17) is 0 Å². The number of nitrogens with zero attached hydrogens (tertiary/aromatic N) is 5. The van der Waals surface area contributed by atoms with Crippen LogP contribution < -0.4 is 4.90 Å². The van der Waals surface area contributed by atoms with E-state index in [2.05, 4.69) is 34.3 Å². The molecule has 4 aromatic rings. The predicted molar refractivity (Wildman–Crippen MR) is 123 cm³/mol. The van der Waals surface area contributed by atoms with E-state index >= 15 is 0 Å². The van der Waals surface area contributed by atoms with Crippen LogP contribution in [-0.2, 0) is 0 Å². The van der Waals surface area contributed by atoms with Crippen molar-refractivity contribution < 1.29 is 9.72 Å². The number of aryl methyl sites for hydroxylation is 1. The maximum absolute atomic E-state index is 13.7.